The molecule has 110 valence electrons. The Hall–Kier alpha value is -1.75. The van der Waals surface area contributed by atoms with Gasteiger partial charge in [-0.1, -0.05) is 0 Å². The van der Waals surface area contributed by atoms with Gasteiger partial charge >= 0.3 is 5.97 Å². The van der Waals surface area contributed by atoms with Gasteiger partial charge < -0.3 is 20.5 Å². The van der Waals surface area contributed by atoms with Gasteiger partial charge in [0, 0.05) is 24.0 Å². The number of hydrogen-bond donors (Lipinski definition) is 2. The third-order valence-corrected chi connectivity index (χ3v) is 3.72. The topological polar surface area (TPSA) is 75.8 Å². The first-order chi connectivity index (χ1) is 9.67. The van der Waals surface area contributed by atoms with Crippen molar-refractivity contribution in [3.05, 3.63) is 23.8 Å². The van der Waals surface area contributed by atoms with Gasteiger partial charge in [0.25, 0.3) is 0 Å². The molecule has 0 atom stereocenters. The zero-order valence-corrected chi connectivity index (χ0v) is 11.8. The Morgan fingerprint density at radius 3 is 2.80 bits per heavy atom. The molecule has 2 rings (SSSR count). The third-order valence-electron chi connectivity index (χ3n) is 3.72. The highest BCUT2D eigenvalue weighted by Crippen LogP contribution is 2.31. The maximum Gasteiger partial charge on any atom is 0.340 e. The number of esters is 1. The van der Waals surface area contributed by atoms with Crippen LogP contribution in [0.15, 0.2) is 18.2 Å². The number of aliphatic hydroxyl groups is 1. The molecule has 3 N–H and O–H groups in total. The number of ether oxygens (including phenoxy) is 1. The van der Waals surface area contributed by atoms with Gasteiger partial charge in [-0.3, -0.25) is 0 Å². The van der Waals surface area contributed by atoms with E-state index in [-0.39, 0.29) is 6.61 Å². The molecule has 0 unspecified atom stereocenters. The number of carbonyl (C=O) groups is 1. The number of nitrogen functional groups attached to an aromatic ring is 1. The minimum atomic E-state index is -0.399. The molecule has 1 saturated carbocycles. The standard InChI is InChI=1S/C15H22N2O3/c1-2-20-15(19)13-10-12(6-7-14(13)16)17(8-9-18)11-4-3-5-11/h6-7,10-11,18H,2-5,8-9,16H2,1H3. The lowest BCUT2D eigenvalue weighted by Gasteiger charge is -2.39. The number of rotatable bonds is 6. The van der Waals surface area contributed by atoms with E-state index in [1.165, 1.54) is 6.42 Å². The Bertz CT molecular complexity index is 472. The van der Waals surface area contributed by atoms with E-state index < -0.39 is 5.97 Å². The lowest BCUT2D eigenvalue weighted by atomic mass is 9.91. The highest BCUT2D eigenvalue weighted by Gasteiger charge is 2.25. The van der Waals surface area contributed by atoms with Crippen molar-refractivity contribution in [2.24, 2.45) is 0 Å². The Labute approximate surface area is 119 Å². The van der Waals surface area contributed by atoms with Gasteiger partial charge in [0.1, 0.15) is 0 Å². The summed E-state index contributed by atoms with van der Waals surface area (Å²) < 4.78 is 5.02. The number of nitrogens with zero attached hydrogens (tertiary/aromatic N) is 1. The molecule has 5 nitrogen and oxygen atoms in total. The summed E-state index contributed by atoms with van der Waals surface area (Å²) in [5, 5.41) is 9.23. The van der Waals surface area contributed by atoms with Crippen molar-refractivity contribution < 1.29 is 14.6 Å². The normalized spacial score (nSPS) is 14.7. The van der Waals surface area contributed by atoms with Crippen LogP contribution in [-0.2, 0) is 4.74 Å². The summed E-state index contributed by atoms with van der Waals surface area (Å²) in [7, 11) is 0. The van der Waals surface area contributed by atoms with Crippen LogP contribution in [0.3, 0.4) is 0 Å². The summed E-state index contributed by atoms with van der Waals surface area (Å²) in [6.07, 6.45) is 3.46. The van der Waals surface area contributed by atoms with Gasteiger partial charge in [-0.05, 0) is 44.4 Å². The Morgan fingerprint density at radius 2 is 2.25 bits per heavy atom. The third kappa shape index (κ3) is 3.04. The molecule has 0 saturated heterocycles. The summed E-state index contributed by atoms with van der Waals surface area (Å²) in [6.45, 7) is 2.75. The van der Waals surface area contributed by atoms with Crippen LogP contribution >= 0.6 is 0 Å². The second-order valence-corrected chi connectivity index (χ2v) is 4.99. The fourth-order valence-electron chi connectivity index (χ4n) is 2.44. The number of benzene rings is 1. The Morgan fingerprint density at radius 1 is 1.50 bits per heavy atom. The van der Waals surface area contributed by atoms with Crippen LogP contribution in [0.2, 0.25) is 0 Å². The SMILES string of the molecule is CCOC(=O)c1cc(N(CCO)C2CCC2)ccc1N. The monoisotopic (exact) mass is 278 g/mol. The van der Waals surface area contributed by atoms with Crippen LogP contribution in [0.4, 0.5) is 11.4 Å². The lowest BCUT2D eigenvalue weighted by Crippen LogP contribution is -2.42. The van der Waals surface area contributed by atoms with Crippen LogP contribution in [0, 0.1) is 0 Å². The largest absolute Gasteiger partial charge is 0.462 e. The van der Waals surface area contributed by atoms with E-state index in [1.54, 1.807) is 19.1 Å². The molecular formula is C15H22N2O3. The Kier molecular flexibility index (Phi) is 4.84. The van der Waals surface area contributed by atoms with Crippen molar-refractivity contribution in [2.45, 2.75) is 32.2 Å². The van der Waals surface area contributed by atoms with E-state index in [9.17, 15) is 9.90 Å². The van der Waals surface area contributed by atoms with Crippen LogP contribution in [0.5, 0.6) is 0 Å². The zero-order valence-electron chi connectivity index (χ0n) is 11.8. The van der Waals surface area contributed by atoms with Gasteiger partial charge in [-0.2, -0.15) is 0 Å². The maximum atomic E-state index is 11.9. The summed E-state index contributed by atoms with van der Waals surface area (Å²) >= 11 is 0. The first kappa shape index (κ1) is 14.7. The minimum Gasteiger partial charge on any atom is -0.462 e. The quantitative estimate of drug-likeness (QED) is 0.613. The molecule has 20 heavy (non-hydrogen) atoms. The van der Waals surface area contributed by atoms with Crippen molar-refractivity contribution in [3.8, 4) is 0 Å². The fourth-order valence-corrected chi connectivity index (χ4v) is 2.44. The fraction of sp³-hybridized carbons (Fsp3) is 0.533. The lowest BCUT2D eigenvalue weighted by molar-refractivity contribution is 0.0527. The van der Waals surface area contributed by atoms with E-state index in [1.807, 2.05) is 6.07 Å². The second-order valence-electron chi connectivity index (χ2n) is 4.99. The summed E-state index contributed by atoms with van der Waals surface area (Å²) in [6, 6.07) is 5.83. The zero-order chi connectivity index (χ0) is 14.5. The van der Waals surface area contributed by atoms with Crippen molar-refractivity contribution in [1.29, 1.82) is 0 Å². The van der Waals surface area contributed by atoms with Crippen molar-refractivity contribution >= 4 is 17.3 Å². The molecule has 1 fully saturated rings. The molecule has 5 heteroatoms. The van der Waals surface area contributed by atoms with Crippen LogP contribution in [-0.4, -0.2) is 36.9 Å². The van der Waals surface area contributed by atoms with E-state index in [0.29, 0.717) is 30.4 Å². The number of nitrogens with two attached hydrogens (primary N) is 1. The molecule has 0 amide bonds. The summed E-state index contributed by atoms with van der Waals surface area (Å²) in [5.74, 6) is -0.399. The Balaban J connectivity index is 2.26. The van der Waals surface area contributed by atoms with Crippen LogP contribution < -0.4 is 10.6 Å². The average Bonchev–Trinajstić information content (AvgIpc) is 2.37. The molecule has 1 aromatic rings. The average molecular weight is 278 g/mol. The van der Waals surface area contributed by atoms with Crippen LogP contribution in [0.25, 0.3) is 0 Å². The number of hydrogen-bond acceptors (Lipinski definition) is 5. The van der Waals surface area contributed by atoms with E-state index >= 15 is 0 Å². The smallest absolute Gasteiger partial charge is 0.340 e. The molecular weight excluding hydrogens is 256 g/mol. The predicted molar refractivity (Wildman–Crippen MR) is 78.9 cm³/mol. The molecule has 1 aliphatic carbocycles. The first-order valence-corrected chi connectivity index (χ1v) is 7.11. The molecule has 0 bridgehead atoms. The van der Waals surface area contributed by atoms with E-state index in [0.717, 1.165) is 18.5 Å². The van der Waals surface area contributed by atoms with Crippen molar-refractivity contribution in [2.75, 3.05) is 30.4 Å². The van der Waals surface area contributed by atoms with Gasteiger partial charge in [-0.25, -0.2) is 4.79 Å². The molecule has 0 aliphatic heterocycles. The number of anilines is 2. The van der Waals surface area contributed by atoms with Gasteiger partial charge in [0.2, 0.25) is 0 Å². The van der Waals surface area contributed by atoms with Gasteiger partial charge in [0.15, 0.2) is 0 Å². The highest BCUT2D eigenvalue weighted by molar-refractivity contribution is 5.96. The van der Waals surface area contributed by atoms with Gasteiger partial charge in [0.05, 0.1) is 18.8 Å². The minimum absolute atomic E-state index is 0.0929. The second kappa shape index (κ2) is 6.61. The number of aliphatic hydroxyl groups excluding tert-OH is 1. The van der Waals surface area contributed by atoms with E-state index in [2.05, 4.69) is 4.90 Å². The maximum absolute atomic E-state index is 11.9. The first-order valence-electron chi connectivity index (χ1n) is 7.11. The summed E-state index contributed by atoms with van der Waals surface area (Å²) in [5.41, 5.74) is 7.58. The molecule has 0 aromatic heterocycles. The molecule has 1 aromatic carbocycles. The van der Waals surface area contributed by atoms with Crippen molar-refractivity contribution in [1.82, 2.24) is 0 Å². The van der Waals surface area contributed by atoms with Crippen molar-refractivity contribution in [3.63, 3.8) is 0 Å². The summed E-state index contributed by atoms with van der Waals surface area (Å²) in [4.78, 5) is 14.0. The molecule has 0 radical (unpaired) electrons. The molecule has 1 aliphatic rings. The number of carbonyl (C=O) groups excluding carboxylic acids is 1. The molecule has 0 heterocycles. The van der Waals surface area contributed by atoms with Gasteiger partial charge in [-0.15, -0.1) is 0 Å². The molecule has 0 spiro atoms. The van der Waals surface area contributed by atoms with E-state index in [4.69, 9.17) is 10.5 Å². The predicted octanol–water partition coefficient (Wildman–Crippen LogP) is 1.80. The highest BCUT2D eigenvalue weighted by atomic mass is 16.5. The van der Waals surface area contributed by atoms with Crippen LogP contribution in [0.1, 0.15) is 36.5 Å².